The molecule has 3 rings (SSSR count). The van der Waals surface area contributed by atoms with Crippen LogP contribution in [0.4, 0.5) is 11.5 Å². The maximum Gasteiger partial charge on any atom is 0.244 e. The Bertz CT molecular complexity index is 926. The lowest BCUT2D eigenvalue weighted by molar-refractivity contribution is -0.114. The van der Waals surface area contributed by atoms with Gasteiger partial charge in [-0.2, -0.15) is 4.31 Å². The number of anilines is 2. The SMILES string of the molecule is Cc1c(Cl)cccc1NC(=O)CNc1ccc(S(=O)(=O)N2CCCC2)cn1. The van der Waals surface area contributed by atoms with Crippen LogP contribution in [-0.4, -0.2) is 43.2 Å². The second-order valence-electron chi connectivity index (χ2n) is 6.30. The number of carbonyl (C=O) groups excluding carboxylic acids is 1. The quantitative estimate of drug-likeness (QED) is 0.766. The molecule has 0 spiro atoms. The number of rotatable bonds is 6. The number of nitrogens with zero attached hydrogens (tertiary/aromatic N) is 2. The number of halogens is 1. The molecule has 1 aliphatic heterocycles. The summed E-state index contributed by atoms with van der Waals surface area (Å²) >= 11 is 6.04. The van der Waals surface area contributed by atoms with Crippen LogP contribution in [0.1, 0.15) is 18.4 Å². The van der Waals surface area contributed by atoms with Gasteiger partial charge in [0.2, 0.25) is 15.9 Å². The molecule has 0 unspecified atom stereocenters. The summed E-state index contributed by atoms with van der Waals surface area (Å²) in [5, 5.41) is 6.24. The average molecular weight is 409 g/mol. The zero-order chi connectivity index (χ0) is 19.4. The van der Waals surface area contributed by atoms with Crippen molar-refractivity contribution in [1.82, 2.24) is 9.29 Å². The van der Waals surface area contributed by atoms with Gasteiger partial charge in [-0.3, -0.25) is 4.79 Å². The fourth-order valence-electron chi connectivity index (χ4n) is 2.82. The minimum Gasteiger partial charge on any atom is -0.361 e. The van der Waals surface area contributed by atoms with E-state index >= 15 is 0 Å². The first-order valence-corrected chi connectivity index (χ1v) is 10.4. The standard InChI is InChI=1S/C18H21ClN4O3S/c1-13-15(19)5-4-6-16(13)22-18(24)12-21-17-8-7-14(11-20-17)27(25,26)23-9-2-3-10-23/h4-8,11H,2-3,9-10,12H2,1H3,(H,20,21)(H,22,24). The predicted molar refractivity (Wildman–Crippen MR) is 106 cm³/mol. The number of pyridine rings is 1. The number of aromatic nitrogens is 1. The summed E-state index contributed by atoms with van der Waals surface area (Å²) in [4.78, 5) is 16.4. The molecule has 1 fully saturated rings. The lowest BCUT2D eigenvalue weighted by Gasteiger charge is -2.15. The molecule has 0 atom stereocenters. The second kappa shape index (κ2) is 8.24. The van der Waals surface area contributed by atoms with Gasteiger partial charge in [0.25, 0.3) is 0 Å². The average Bonchev–Trinajstić information content (AvgIpc) is 3.20. The summed E-state index contributed by atoms with van der Waals surface area (Å²) in [6.45, 7) is 2.92. The molecule has 144 valence electrons. The molecule has 1 aromatic carbocycles. The zero-order valence-corrected chi connectivity index (χ0v) is 16.5. The summed E-state index contributed by atoms with van der Waals surface area (Å²) in [7, 11) is -3.49. The van der Waals surface area contributed by atoms with E-state index in [1.807, 2.05) is 6.92 Å². The van der Waals surface area contributed by atoms with E-state index in [0.717, 1.165) is 18.4 Å². The van der Waals surface area contributed by atoms with Crippen molar-refractivity contribution in [2.75, 3.05) is 30.3 Å². The Kier molecular flexibility index (Phi) is 5.98. The highest BCUT2D eigenvalue weighted by Gasteiger charge is 2.27. The van der Waals surface area contributed by atoms with Crippen molar-refractivity contribution in [3.63, 3.8) is 0 Å². The summed E-state index contributed by atoms with van der Waals surface area (Å²) < 4.78 is 26.4. The first kappa shape index (κ1) is 19.6. The first-order valence-electron chi connectivity index (χ1n) is 8.63. The van der Waals surface area contributed by atoms with Crippen LogP contribution >= 0.6 is 11.6 Å². The maximum absolute atomic E-state index is 12.5. The highest BCUT2D eigenvalue weighted by Crippen LogP contribution is 2.23. The van der Waals surface area contributed by atoms with Crippen LogP contribution in [0.2, 0.25) is 5.02 Å². The van der Waals surface area contributed by atoms with Crippen molar-refractivity contribution in [2.24, 2.45) is 0 Å². The third-order valence-electron chi connectivity index (χ3n) is 4.41. The number of carbonyl (C=O) groups is 1. The number of amides is 1. The maximum atomic E-state index is 12.5. The topological polar surface area (TPSA) is 91.4 Å². The molecule has 7 nitrogen and oxygen atoms in total. The van der Waals surface area contributed by atoms with Crippen molar-refractivity contribution in [3.8, 4) is 0 Å². The highest BCUT2D eigenvalue weighted by molar-refractivity contribution is 7.89. The van der Waals surface area contributed by atoms with E-state index in [-0.39, 0.29) is 17.3 Å². The number of hydrogen-bond donors (Lipinski definition) is 2. The van der Waals surface area contributed by atoms with Crippen molar-refractivity contribution < 1.29 is 13.2 Å². The molecular formula is C18H21ClN4O3S. The molecule has 0 saturated carbocycles. The van der Waals surface area contributed by atoms with Crippen LogP contribution in [0.15, 0.2) is 41.4 Å². The van der Waals surface area contributed by atoms with E-state index in [9.17, 15) is 13.2 Å². The monoisotopic (exact) mass is 408 g/mol. The van der Waals surface area contributed by atoms with Gasteiger partial charge in [0.15, 0.2) is 0 Å². The molecule has 0 bridgehead atoms. The minimum absolute atomic E-state index is 0.00280. The molecule has 1 amide bonds. The van der Waals surface area contributed by atoms with Gasteiger partial charge in [0, 0.05) is 30.0 Å². The molecule has 2 heterocycles. The van der Waals surface area contributed by atoms with Crippen LogP contribution < -0.4 is 10.6 Å². The Hall–Kier alpha value is -2.16. The van der Waals surface area contributed by atoms with E-state index in [2.05, 4.69) is 15.6 Å². The number of benzene rings is 1. The zero-order valence-electron chi connectivity index (χ0n) is 14.9. The van der Waals surface area contributed by atoms with E-state index in [1.54, 1.807) is 24.3 Å². The summed E-state index contributed by atoms with van der Waals surface area (Å²) in [5.74, 6) is 0.171. The van der Waals surface area contributed by atoms with Gasteiger partial charge in [0.05, 0.1) is 6.54 Å². The van der Waals surface area contributed by atoms with Crippen molar-refractivity contribution in [3.05, 3.63) is 47.1 Å². The normalized spacial score (nSPS) is 14.9. The van der Waals surface area contributed by atoms with Crippen LogP contribution in [0.3, 0.4) is 0 Å². The van der Waals surface area contributed by atoms with Gasteiger partial charge >= 0.3 is 0 Å². The summed E-state index contributed by atoms with van der Waals surface area (Å²) in [6.07, 6.45) is 3.08. The van der Waals surface area contributed by atoms with Crippen LogP contribution in [0.5, 0.6) is 0 Å². The van der Waals surface area contributed by atoms with Gasteiger partial charge in [-0.15, -0.1) is 0 Å². The molecule has 27 heavy (non-hydrogen) atoms. The number of nitrogens with one attached hydrogen (secondary N) is 2. The molecule has 1 aromatic heterocycles. The molecule has 2 aromatic rings. The molecule has 2 N–H and O–H groups in total. The van der Waals surface area contributed by atoms with Crippen molar-refractivity contribution >= 4 is 39.0 Å². The molecule has 1 saturated heterocycles. The third-order valence-corrected chi connectivity index (χ3v) is 6.70. The molecule has 0 radical (unpaired) electrons. The predicted octanol–water partition coefficient (Wildman–Crippen LogP) is 2.88. The van der Waals surface area contributed by atoms with Crippen LogP contribution in [0, 0.1) is 6.92 Å². The Morgan fingerprint density at radius 3 is 2.63 bits per heavy atom. The van der Waals surface area contributed by atoms with Crippen LogP contribution in [-0.2, 0) is 14.8 Å². The van der Waals surface area contributed by atoms with Gasteiger partial charge in [-0.05, 0) is 49.6 Å². The lowest BCUT2D eigenvalue weighted by atomic mass is 10.2. The smallest absolute Gasteiger partial charge is 0.244 e. The van der Waals surface area contributed by atoms with Gasteiger partial charge < -0.3 is 10.6 Å². The fourth-order valence-corrected chi connectivity index (χ4v) is 4.46. The van der Waals surface area contributed by atoms with Crippen molar-refractivity contribution in [1.29, 1.82) is 0 Å². The molecule has 1 aliphatic rings. The second-order valence-corrected chi connectivity index (χ2v) is 8.65. The highest BCUT2D eigenvalue weighted by atomic mass is 35.5. The van der Waals surface area contributed by atoms with Gasteiger partial charge in [-0.25, -0.2) is 13.4 Å². The Labute approximate surface area is 163 Å². The van der Waals surface area contributed by atoms with Crippen molar-refractivity contribution in [2.45, 2.75) is 24.7 Å². The molecule has 0 aliphatic carbocycles. The number of hydrogen-bond acceptors (Lipinski definition) is 5. The fraction of sp³-hybridized carbons (Fsp3) is 0.333. The molecule has 9 heteroatoms. The third kappa shape index (κ3) is 4.58. The largest absolute Gasteiger partial charge is 0.361 e. The first-order chi connectivity index (χ1) is 12.9. The Morgan fingerprint density at radius 1 is 1.22 bits per heavy atom. The van der Waals surface area contributed by atoms with E-state index < -0.39 is 10.0 Å². The number of sulfonamides is 1. The van der Waals surface area contributed by atoms with Gasteiger partial charge in [0.1, 0.15) is 10.7 Å². The summed E-state index contributed by atoms with van der Waals surface area (Å²) in [6, 6.07) is 8.35. The molecular weight excluding hydrogens is 388 g/mol. The van der Waals surface area contributed by atoms with Gasteiger partial charge in [-0.1, -0.05) is 17.7 Å². The Balaban J connectivity index is 1.58. The van der Waals surface area contributed by atoms with E-state index in [0.29, 0.717) is 29.6 Å². The summed E-state index contributed by atoms with van der Waals surface area (Å²) in [5.41, 5.74) is 1.44. The van der Waals surface area contributed by atoms with Crippen LogP contribution in [0.25, 0.3) is 0 Å². The Morgan fingerprint density at radius 2 is 1.96 bits per heavy atom. The van der Waals surface area contributed by atoms with E-state index in [1.165, 1.54) is 16.6 Å². The lowest BCUT2D eigenvalue weighted by Crippen LogP contribution is -2.28. The minimum atomic E-state index is -3.49. The van der Waals surface area contributed by atoms with E-state index in [4.69, 9.17) is 11.6 Å².